The second-order valence-corrected chi connectivity index (χ2v) is 6.54. The molecule has 1 N–H and O–H groups in total. The van der Waals surface area contributed by atoms with E-state index >= 15 is 0 Å². The number of likely N-dealkylation sites (N-methyl/N-ethyl adjacent to an activating group) is 1. The molecular formula is C20H22FN3O2. The lowest BCUT2D eigenvalue weighted by Gasteiger charge is -2.18. The molecule has 2 aromatic rings. The predicted molar refractivity (Wildman–Crippen MR) is 99.4 cm³/mol. The number of hydrogen-bond acceptors (Lipinski definition) is 3. The molecule has 6 heteroatoms. The van der Waals surface area contributed by atoms with E-state index in [-0.39, 0.29) is 24.2 Å². The van der Waals surface area contributed by atoms with Gasteiger partial charge in [0.05, 0.1) is 6.54 Å². The molecule has 0 saturated carbocycles. The van der Waals surface area contributed by atoms with E-state index in [1.165, 1.54) is 12.1 Å². The van der Waals surface area contributed by atoms with E-state index in [0.717, 1.165) is 24.2 Å². The summed E-state index contributed by atoms with van der Waals surface area (Å²) in [6.45, 7) is 1.53. The second kappa shape index (κ2) is 8.10. The quantitative estimate of drug-likeness (QED) is 0.867. The van der Waals surface area contributed by atoms with E-state index in [1.54, 1.807) is 29.2 Å². The average Bonchev–Trinajstić information content (AvgIpc) is 3.03. The van der Waals surface area contributed by atoms with Crippen molar-refractivity contribution in [3.8, 4) is 0 Å². The third kappa shape index (κ3) is 4.67. The monoisotopic (exact) mass is 355 g/mol. The summed E-state index contributed by atoms with van der Waals surface area (Å²) in [5, 5.41) is 2.85. The predicted octanol–water partition coefficient (Wildman–Crippen LogP) is 3.02. The molecule has 0 spiro atoms. The Labute approximate surface area is 152 Å². The van der Waals surface area contributed by atoms with E-state index in [1.807, 2.05) is 24.1 Å². The molecular weight excluding hydrogens is 333 g/mol. The van der Waals surface area contributed by atoms with Crippen LogP contribution in [-0.2, 0) is 16.1 Å². The highest BCUT2D eigenvalue weighted by Gasteiger charge is 2.21. The molecule has 1 fully saturated rings. The Morgan fingerprint density at radius 3 is 2.46 bits per heavy atom. The molecule has 1 aliphatic heterocycles. The Bertz CT molecular complexity index is 775. The van der Waals surface area contributed by atoms with Crippen LogP contribution in [0.1, 0.15) is 18.4 Å². The van der Waals surface area contributed by atoms with Gasteiger partial charge in [0, 0.05) is 30.9 Å². The van der Waals surface area contributed by atoms with Crippen LogP contribution in [0, 0.1) is 5.82 Å². The Balaban J connectivity index is 1.51. The first kappa shape index (κ1) is 18.1. The first-order chi connectivity index (χ1) is 12.5. The molecule has 0 bridgehead atoms. The third-order valence-electron chi connectivity index (χ3n) is 4.32. The van der Waals surface area contributed by atoms with Crippen LogP contribution in [0.5, 0.6) is 0 Å². The number of nitrogens with one attached hydrogen (secondary N) is 1. The number of carbonyl (C=O) groups is 2. The molecule has 2 amide bonds. The zero-order chi connectivity index (χ0) is 18.5. The van der Waals surface area contributed by atoms with Crippen molar-refractivity contribution in [2.45, 2.75) is 19.4 Å². The van der Waals surface area contributed by atoms with E-state index in [9.17, 15) is 14.0 Å². The maximum Gasteiger partial charge on any atom is 0.238 e. The largest absolute Gasteiger partial charge is 0.325 e. The average molecular weight is 355 g/mol. The third-order valence-corrected chi connectivity index (χ3v) is 4.32. The molecule has 1 heterocycles. The number of amides is 2. The van der Waals surface area contributed by atoms with Gasteiger partial charge >= 0.3 is 0 Å². The summed E-state index contributed by atoms with van der Waals surface area (Å²) in [7, 11) is 1.84. The van der Waals surface area contributed by atoms with Gasteiger partial charge in [0.2, 0.25) is 11.8 Å². The van der Waals surface area contributed by atoms with Gasteiger partial charge in [0.15, 0.2) is 0 Å². The minimum absolute atomic E-state index is 0.125. The molecule has 0 unspecified atom stereocenters. The topological polar surface area (TPSA) is 52.7 Å². The molecule has 0 aromatic heterocycles. The lowest BCUT2D eigenvalue weighted by Crippen LogP contribution is -2.29. The van der Waals surface area contributed by atoms with E-state index in [4.69, 9.17) is 0 Å². The summed E-state index contributed by atoms with van der Waals surface area (Å²) < 4.78 is 12.9. The van der Waals surface area contributed by atoms with Crippen molar-refractivity contribution >= 4 is 23.2 Å². The minimum atomic E-state index is -0.270. The summed E-state index contributed by atoms with van der Waals surface area (Å²) in [6, 6.07) is 13.6. The van der Waals surface area contributed by atoms with Gasteiger partial charge in [0.25, 0.3) is 0 Å². The van der Waals surface area contributed by atoms with Gasteiger partial charge < -0.3 is 10.2 Å². The molecule has 0 atom stereocenters. The highest BCUT2D eigenvalue weighted by Crippen LogP contribution is 2.23. The number of hydrogen-bond donors (Lipinski definition) is 1. The highest BCUT2D eigenvalue weighted by molar-refractivity contribution is 5.96. The van der Waals surface area contributed by atoms with Gasteiger partial charge in [-0.3, -0.25) is 14.5 Å². The van der Waals surface area contributed by atoms with Crippen LogP contribution in [0.25, 0.3) is 0 Å². The smallest absolute Gasteiger partial charge is 0.238 e. The molecule has 5 nitrogen and oxygen atoms in total. The van der Waals surface area contributed by atoms with Crippen LogP contribution in [0.3, 0.4) is 0 Å². The zero-order valence-electron chi connectivity index (χ0n) is 14.7. The van der Waals surface area contributed by atoms with Crippen LogP contribution < -0.4 is 10.2 Å². The van der Waals surface area contributed by atoms with Crippen molar-refractivity contribution in [1.29, 1.82) is 0 Å². The van der Waals surface area contributed by atoms with Crippen molar-refractivity contribution < 1.29 is 14.0 Å². The number of benzene rings is 2. The van der Waals surface area contributed by atoms with Crippen molar-refractivity contribution in [2.24, 2.45) is 0 Å². The lowest BCUT2D eigenvalue weighted by atomic mass is 10.2. The molecule has 1 saturated heterocycles. The molecule has 2 aromatic carbocycles. The van der Waals surface area contributed by atoms with Gasteiger partial charge in [0.1, 0.15) is 5.82 Å². The van der Waals surface area contributed by atoms with Gasteiger partial charge in [-0.25, -0.2) is 4.39 Å². The van der Waals surface area contributed by atoms with E-state index in [2.05, 4.69) is 5.32 Å². The van der Waals surface area contributed by atoms with Crippen molar-refractivity contribution in [1.82, 2.24) is 4.90 Å². The Morgan fingerprint density at radius 2 is 1.85 bits per heavy atom. The number of anilines is 2. The molecule has 136 valence electrons. The summed E-state index contributed by atoms with van der Waals surface area (Å²) in [5.41, 5.74) is 2.50. The Morgan fingerprint density at radius 1 is 1.15 bits per heavy atom. The standard InChI is InChI=1S/C20H22FN3O2/c1-23(13-15-4-6-16(21)7-5-15)14-19(25)22-17-8-10-18(11-9-17)24-12-2-3-20(24)26/h4-11H,2-3,12-14H2,1H3,(H,22,25). The number of halogens is 1. The van der Waals surface area contributed by atoms with Gasteiger partial charge in [-0.2, -0.15) is 0 Å². The van der Waals surface area contributed by atoms with Crippen molar-refractivity contribution in [3.05, 3.63) is 59.9 Å². The SMILES string of the molecule is CN(CC(=O)Nc1ccc(N2CCCC2=O)cc1)Cc1ccc(F)cc1. The summed E-state index contributed by atoms with van der Waals surface area (Å²) >= 11 is 0. The Hall–Kier alpha value is -2.73. The van der Waals surface area contributed by atoms with Crippen LogP contribution in [0.4, 0.5) is 15.8 Å². The highest BCUT2D eigenvalue weighted by atomic mass is 19.1. The summed E-state index contributed by atoms with van der Waals surface area (Å²) in [5.74, 6) is -0.253. The van der Waals surface area contributed by atoms with Gasteiger partial charge in [-0.1, -0.05) is 12.1 Å². The van der Waals surface area contributed by atoms with Crippen LogP contribution in [-0.4, -0.2) is 36.9 Å². The van der Waals surface area contributed by atoms with E-state index in [0.29, 0.717) is 18.7 Å². The fourth-order valence-corrected chi connectivity index (χ4v) is 3.05. The molecule has 26 heavy (non-hydrogen) atoms. The fraction of sp³-hybridized carbons (Fsp3) is 0.300. The lowest BCUT2D eigenvalue weighted by molar-refractivity contribution is -0.117. The zero-order valence-corrected chi connectivity index (χ0v) is 14.7. The fourth-order valence-electron chi connectivity index (χ4n) is 3.05. The maximum atomic E-state index is 12.9. The van der Waals surface area contributed by atoms with E-state index < -0.39 is 0 Å². The first-order valence-corrected chi connectivity index (χ1v) is 8.64. The molecule has 0 aliphatic carbocycles. The van der Waals surface area contributed by atoms with Crippen LogP contribution in [0.15, 0.2) is 48.5 Å². The summed E-state index contributed by atoms with van der Waals surface area (Å²) in [6.07, 6.45) is 1.48. The Kier molecular flexibility index (Phi) is 5.63. The molecule has 3 rings (SSSR count). The normalized spacial score (nSPS) is 14.1. The second-order valence-electron chi connectivity index (χ2n) is 6.54. The minimum Gasteiger partial charge on any atom is -0.325 e. The number of rotatable bonds is 6. The molecule has 0 radical (unpaired) electrons. The van der Waals surface area contributed by atoms with Gasteiger partial charge in [-0.15, -0.1) is 0 Å². The number of carbonyl (C=O) groups excluding carboxylic acids is 2. The van der Waals surface area contributed by atoms with Crippen molar-refractivity contribution in [2.75, 3.05) is 30.4 Å². The first-order valence-electron chi connectivity index (χ1n) is 8.64. The number of nitrogens with zero attached hydrogens (tertiary/aromatic N) is 2. The maximum absolute atomic E-state index is 12.9. The van der Waals surface area contributed by atoms with Crippen LogP contribution in [0.2, 0.25) is 0 Å². The summed E-state index contributed by atoms with van der Waals surface area (Å²) in [4.78, 5) is 27.6. The van der Waals surface area contributed by atoms with Crippen molar-refractivity contribution in [3.63, 3.8) is 0 Å². The van der Waals surface area contributed by atoms with Gasteiger partial charge in [-0.05, 0) is 55.4 Å². The van der Waals surface area contributed by atoms with Crippen LogP contribution >= 0.6 is 0 Å². The molecule has 1 aliphatic rings.